The van der Waals surface area contributed by atoms with Gasteiger partial charge in [-0.25, -0.2) is 4.57 Å². The molecule has 0 bridgehead atoms. The fraction of sp³-hybridized carbons (Fsp3) is 0.687. The quantitative estimate of drug-likeness (QED) is 0.0264. The van der Waals surface area contributed by atoms with Crippen LogP contribution in [-0.4, -0.2) is 49.3 Å². The van der Waals surface area contributed by atoms with Crippen LogP contribution in [0.3, 0.4) is 0 Å². The Labute approximate surface area is 573 Å². The highest BCUT2D eigenvalue weighted by Gasteiger charge is 2.26. The third kappa shape index (κ3) is 76.8. The first kappa shape index (κ1) is 88.9. The van der Waals surface area contributed by atoms with Crippen LogP contribution in [0.15, 0.2) is 146 Å². The number of phosphoric ester groups is 1. The number of phosphoric acid groups is 1. The summed E-state index contributed by atoms with van der Waals surface area (Å²) in [5.74, 6) is -0.854. The molecule has 10 heteroatoms. The first-order valence-electron chi connectivity index (χ1n) is 38.3. The smallest absolute Gasteiger partial charge is 0.462 e. The third-order valence-corrected chi connectivity index (χ3v) is 17.2. The number of esters is 2. The van der Waals surface area contributed by atoms with Gasteiger partial charge in [0.2, 0.25) is 0 Å². The number of nitrogens with two attached hydrogens (primary N) is 1. The highest BCUT2D eigenvalue weighted by Crippen LogP contribution is 2.43. The number of hydrogen-bond donors (Lipinski definition) is 2. The molecule has 3 N–H and O–H groups in total. The Morgan fingerprint density at radius 1 is 0.333 bits per heavy atom. The maximum atomic E-state index is 12.8. The van der Waals surface area contributed by atoms with E-state index in [2.05, 4.69) is 160 Å². The van der Waals surface area contributed by atoms with Gasteiger partial charge in [-0.2, -0.15) is 0 Å². The number of carbonyl (C=O) groups excluding carboxylic acids is 2. The van der Waals surface area contributed by atoms with Gasteiger partial charge in [0.15, 0.2) is 6.10 Å². The molecule has 0 aliphatic heterocycles. The summed E-state index contributed by atoms with van der Waals surface area (Å²) in [7, 11) is -4.41. The van der Waals surface area contributed by atoms with E-state index in [1.165, 1.54) is 186 Å². The van der Waals surface area contributed by atoms with Crippen molar-refractivity contribution in [3.05, 3.63) is 146 Å². The van der Waals surface area contributed by atoms with E-state index in [9.17, 15) is 19.0 Å². The lowest BCUT2D eigenvalue weighted by atomic mass is 10.0. The minimum absolute atomic E-state index is 0.0430. The van der Waals surface area contributed by atoms with E-state index < -0.39 is 26.5 Å². The lowest BCUT2D eigenvalue weighted by molar-refractivity contribution is -0.161. The predicted octanol–water partition coefficient (Wildman–Crippen LogP) is 25.8. The van der Waals surface area contributed by atoms with Crippen LogP contribution in [-0.2, 0) is 32.7 Å². The molecule has 2 atom stereocenters. The molecular formula is C83H142NO8P. The van der Waals surface area contributed by atoms with Crippen molar-refractivity contribution in [1.29, 1.82) is 0 Å². The molecule has 0 amide bonds. The van der Waals surface area contributed by atoms with E-state index in [-0.39, 0.29) is 38.6 Å². The van der Waals surface area contributed by atoms with Gasteiger partial charge in [0.05, 0.1) is 13.2 Å². The molecule has 0 aromatic carbocycles. The van der Waals surface area contributed by atoms with Crippen molar-refractivity contribution < 1.29 is 37.6 Å². The summed E-state index contributed by atoms with van der Waals surface area (Å²) in [5.41, 5.74) is 5.41. The molecule has 0 fully saturated rings. The van der Waals surface area contributed by atoms with Gasteiger partial charge >= 0.3 is 19.8 Å². The highest BCUT2D eigenvalue weighted by molar-refractivity contribution is 7.47. The SMILES string of the molecule is CC/C=C\C/C=C\C/C=C\C/C=C\C/C=C\C/C=C\C/C=C\C/C=C\C/C=C\C/C=C\CCCCCCC(=O)OC(COC(=O)CCCCCCCCCCCCCCCCCCCCCCCCCCC/C=C\C/C=C\CCCCCCC)COP(=O)(O)OCCN. The Morgan fingerprint density at radius 2 is 0.591 bits per heavy atom. The van der Waals surface area contributed by atoms with Crippen molar-refractivity contribution in [2.45, 2.75) is 341 Å². The van der Waals surface area contributed by atoms with Gasteiger partial charge in [0.1, 0.15) is 6.61 Å². The fourth-order valence-electron chi connectivity index (χ4n) is 10.6. The van der Waals surface area contributed by atoms with E-state index in [1.807, 2.05) is 0 Å². The summed E-state index contributed by atoms with van der Waals surface area (Å²) < 4.78 is 33.2. The van der Waals surface area contributed by atoms with Crippen LogP contribution >= 0.6 is 7.82 Å². The predicted molar refractivity (Wildman–Crippen MR) is 404 cm³/mol. The van der Waals surface area contributed by atoms with Gasteiger partial charge < -0.3 is 20.1 Å². The molecule has 0 aliphatic rings. The van der Waals surface area contributed by atoms with E-state index in [1.54, 1.807) is 0 Å². The van der Waals surface area contributed by atoms with Gasteiger partial charge in [-0.15, -0.1) is 0 Å². The van der Waals surface area contributed by atoms with Crippen molar-refractivity contribution >= 4 is 19.8 Å². The van der Waals surface area contributed by atoms with Crippen molar-refractivity contribution in [1.82, 2.24) is 0 Å². The van der Waals surface area contributed by atoms with Gasteiger partial charge in [0.25, 0.3) is 0 Å². The Hall–Kier alpha value is -4.11. The molecule has 0 radical (unpaired) electrons. The van der Waals surface area contributed by atoms with E-state index >= 15 is 0 Å². The zero-order valence-corrected chi connectivity index (χ0v) is 60.8. The van der Waals surface area contributed by atoms with Crippen LogP contribution in [0.2, 0.25) is 0 Å². The molecule has 532 valence electrons. The summed E-state index contributed by atoms with van der Waals surface area (Å²) in [5, 5.41) is 0. The molecule has 93 heavy (non-hydrogen) atoms. The number of unbranched alkanes of at least 4 members (excludes halogenated alkanes) is 34. The Morgan fingerprint density at radius 3 is 0.882 bits per heavy atom. The molecule has 2 unspecified atom stereocenters. The monoisotopic (exact) mass is 1310 g/mol. The zero-order chi connectivity index (χ0) is 67.2. The van der Waals surface area contributed by atoms with Crippen LogP contribution in [0.4, 0.5) is 0 Å². The number of allylic oxidation sites excluding steroid dienone is 24. The number of carbonyl (C=O) groups is 2. The standard InChI is InChI=1S/C83H142NO8P/c1-3-5-7-9-11-13-15-17-19-21-23-25-27-29-31-33-35-37-39-40-42-43-45-47-49-51-53-55-57-59-61-63-65-67-69-71-73-75-82(85)89-79-81(80-91-93(87,88)90-78-77-84)92-83(86)76-74-72-70-68-66-64-62-60-58-56-54-52-50-48-46-44-41-38-36-34-32-30-28-26-24-22-20-18-16-14-12-10-8-6-4-2/h6,8,12,14-15,17-18,20-21,23-24,26,30,32,36,38,44,46,50,52,56,58,62,64,81H,3-5,7,9-11,13,16,19,22,25,27-29,31,33-35,37,39-43,45,47-49,51,53-55,57,59-61,63,65-80,84H2,1-2H3,(H,87,88)/b8-6-,14-12-,17-15-,20-18-,23-21-,26-24-,32-30-,38-36-,46-44-,52-50-,58-56-,64-62-. The van der Waals surface area contributed by atoms with E-state index in [4.69, 9.17) is 24.3 Å². The van der Waals surface area contributed by atoms with Gasteiger partial charge in [-0.05, 0) is 122 Å². The van der Waals surface area contributed by atoms with Gasteiger partial charge in [0, 0.05) is 19.4 Å². The largest absolute Gasteiger partial charge is 0.472 e. The molecule has 0 saturated carbocycles. The van der Waals surface area contributed by atoms with Crippen molar-refractivity contribution in [3.63, 3.8) is 0 Å². The molecule has 0 heterocycles. The van der Waals surface area contributed by atoms with Gasteiger partial charge in [-0.3, -0.25) is 18.6 Å². The Kier molecular flexibility index (Phi) is 73.5. The van der Waals surface area contributed by atoms with E-state index in [0.717, 1.165) is 116 Å². The van der Waals surface area contributed by atoms with Crippen molar-refractivity contribution in [2.75, 3.05) is 26.4 Å². The normalized spacial score (nSPS) is 13.7. The first-order valence-corrected chi connectivity index (χ1v) is 39.8. The molecule has 0 spiro atoms. The topological polar surface area (TPSA) is 134 Å². The lowest BCUT2D eigenvalue weighted by Gasteiger charge is -2.19. The van der Waals surface area contributed by atoms with Crippen molar-refractivity contribution in [3.8, 4) is 0 Å². The highest BCUT2D eigenvalue weighted by atomic mass is 31.2. The fourth-order valence-corrected chi connectivity index (χ4v) is 11.3. The molecule has 0 aliphatic carbocycles. The number of hydrogen-bond acceptors (Lipinski definition) is 8. The minimum atomic E-state index is -4.41. The van der Waals surface area contributed by atoms with Crippen molar-refractivity contribution in [2.24, 2.45) is 5.73 Å². The summed E-state index contributed by atoms with van der Waals surface area (Å²) in [6.07, 6.45) is 111. The second kappa shape index (κ2) is 76.9. The van der Waals surface area contributed by atoms with Crippen LogP contribution in [0, 0.1) is 0 Å². The average molecular weight is 1310 g/mol. The molecule has 0 aromatic heterocycles. The first-order chi connectivity index (χ1) is 45.8. The average Bonchev–Trinajstić information content (AvgIpc) is 3.70. The second-order valence-corrected chi connectivity index (χ2v) is 26.6. The second-order valence-electron chi connectivity index (χ2n) is 25.1. The van der Waals surface area contributed by atoms with Crippen LogP contribution in [0.5, 0.6) is 0 Å². The molecule has 9 nitrogen and oxygen atoms in total. The van der Waals surface area contributed by atoms with Crippen LogP contribution in [0.1, 0.15) is 335 Å². The zero-order valence-electron chi connectivity index (χ0n) is 59.9. The number of rotatable bonds is 71. The summed E-state index contributed by atoms with van der Waals surface area (Å²) >= 11 is 0. The Balaban J connectivity index is 3.91. The number of ether oxygens (including phenoxy) is 2. The summed E-state index contributed by atoms with van der Waals surface area (Å²) in [6, 6.07) is 0. The van der Waals surface area contributed by atoms with Crippen LogP contribution in [0.25, 0.3) is 0 Å². The third-order valence-electron chi connectivity index (χ3n) is 16.2. The van der Waals surface area contributed by atoms with E-state index in [0.29, 0.717) is 6.42 Å². The maximum absolute atomic E-state index is 12.8. The molecule has 0 saturated heterocycles. The van der Waals surface area contributed by atoms with Crippen LogP contribution < -0.4 is 5.73 Å². The summed E-state index contributed by atoms with van der Waals surface area (Å²) in [6.45, 7) is 3.61. The molecular weight excluding hydrogens is 1170 g/mol. The molecule has 0 aromatic rings. The summed E-state index contributed by atoms with van der Waals surface area (Å²) in [4.78, 5) is 35.4. The molecule has 0 rings (SSSR count). The minimum Gasteiger partial charge on any atom is -0.462 e. The maximum Gasteiger partial charge on any atom is 0.472 e. The van der Waals surface area contributed by atoms with Gasteiger partial charge in [-0.1, -0.05) is 346 Å². The lowest BCUT2D eigenvalue weighted by Crippen LogP contribution is -2.29. The Bertz CT molecular complexity index is 2040.